The zero-order valence-corrected chi connectivity index (χ0v) is 16.4. The zero-order chi connectivity index (χ0) is 21.0. The van der Waals surface area contributed by atoms with Gasteiger partial charge in [0, 0.05) is 18.7 Å². The Bertz CT molecular complexity index is 888. The first kappa shape index (κ1) is 20.7. The maximum absolute atomic E-state index is 14.1. The van der Waals surface area contributed by atoms with Crippen LogP contribution >= 0.6 is 0 Å². The van der Waals surface area contributed by atoms with Crippen LogP contribution in [0.25, 0.3) is 0 Å². The van der Waals surface area contributed by atoms with Crippen LogP contribution in [0.5, 0.6) is 5.75 Å². The maximum atomic E-state index is 14.1. The third kappa shape index (κ3) is 4.71. The lowest BCUT2D eigenvalue weighted by molar-refractivity contribution is -0.385. The monoisotopic (exact) mass is 401 g/mol. The fraction of sp³-hybridized carbons (Fsp3) is 0.381. The van der Waals surface area contributed by atoms with Crippen LogP contribution in [0.1, 0.15) is 34.8 Å². The summed E-state index contributed by atoms with van der Waals surface area (Å²) in [6.45, 7) is 1.34. The Balaban J connectivity index is 1.71. The Morgan fingerprint density at radius 3 is 2.66 bits per heavy atom. The number of nitrogens with one attached hydrogen (secondary N) is 1. The van der Waals surface area contributed by atoms with Crippen molar-refractivity contribution in [3.8, 4) is 5.75 Å². The molecule has 1 N–H and O–H groups in total. The number of nitrogens with zero attached hydrogens (tertiary/aromatic N) is 2. The number of nitro groups is 1. The van der Waals surface area contributed by atoms with Gasteiger partial charge in [-0.25, -0.2) is 4.39 Å². The normalized spacial score (nSPS) is 19.6. The van der Waals surface area contributed by atoms with Crippen molar-refractivity contribution in [1.82, 2.24) is 10.2 Å². The summed E-state index contributed by atoms with van der Waals surface area (Å²) in [6.07, 6.45) is 1.94. The van der Waals surface area contributed by atoms with Gasteiger partial charge in [0.1, 0.15) is 11.6 Å². The summed E-state index contributed by atoms with van der Waals surface area (Å²) < 4.78 is 19.3. The van der Waals surface area contributed by atoms with Gasteiger partial charge in [0.2, 0.25) is 0 Å². The number of ether oxygens (including phenoxy) is 1. The van der Waals surface area contributed by atoms with E-state index in [2.05, 4.69) is 17.3 Å². The molecule has 2 atom stereocenters. The lowest BCUT2D eigenvalue weighted by atomic mass is 9.85. The summed E-state index contributed by atoms with van der Waals surface area (Å²) in [5.41, 5.74) is 0.557. The number of hydrogen-bond acceptors (Lipinski definition) is 5. The number of likely N-dealkylation sites (tertiary alicyclic amines) is 1. The Labute approximate surface area is 168 Å². The topological polar surface area (TPSA) is 84.7 Å². The van der Waals surface area contributed by atoms with Crippen molar-refractivity contribution in [3.05, 3.63) is 69.5 Å². The number of carbonyl (C=O) groups excluding carboxylic acids is 1. The van der Waals surface area contributed by atoms with Crippen LogP contribution in [0.2, 0.25) is 0 Å². The number of piperidine rings is 1. The van der Waals surface area contributed by atoms with Crippen molar-refractivity contribution in [3.63, 3.8) is 0 Å². The molecular weight excluding hydrogens is 377 g/mol. The Kier molecular flexibility index (Phi) is 6.43. The minimum atomic E-state index is -0.899. The summed E-state index contributed by atoms with van der Waals surface area (Å²) >= 11 is 0. The van der Waals surface area contributed by atoms with E-state index in [4.69, 9.17) is 4.74 Å². The molecule has 1 saturated heterocycles. The number of rotatable bonds is 6. The van der Waals surface area contributed by atoms with E-state index < -0.39 is 16.6 Å². The first-order chi connectivity index (χ1) is 13.9. The van der Waals surface area contributed by atoms with Gasteiger partial charge >= 0.3 is 0 Å². The van der Waals surface area contributed by atoms with Gasteiger partial charge in [-0.1, -0.05) is 12.1 Å². The average molecular weight is 401 g/mol. The van der Waals surface area contributed by atoms with Crippen LogP contribution in [0.3, 0.4) is 0 Å². The summed E-state index contributed by atoms with van der Waals surface area (Å²) in [5.74, 6) is -0.527. The molecule has 29 heavy (non-hydrogen) atoms. The second kappa shape index (κ2) is 9.00. The minimum absolute atomic E-state index is 0.122. The van der Waals surface area contributed by atoms with Crippen molar-refractivity contribution >= 4 is 11.6 Å². The van der Waals surface area contributed by atoms with Crippen LogP contribution in [-0.2, 0) is 0 Å². The van der Waals surface area contributed by atoms with E-state index in [0.29, 0.717) is 6.54 Å². The summed E-state index contributed by atoms with van der Waals surface area (Å²) in [6, 6.07) is 11.1. The largest absolute Gasteiger partial charge is 0.497 e. The molecule has 2 aromatic rings. The quantitative estimate of drug-likeness (QED) is 0.591. The van der Waals surface area contributed by atoms with E-state index in [1.165, 1.54) is 0 Å². The predicted octanol–water partition coefficient (Wildman–Crippen LogP) is 3.56. The van der Waals surface area contributed by atoms with Crippen LogP contribution in [0, 0.1) is 21.8 Å². The molecule has 1 aliphatic rings. The highest BCUT2D eigenvalue weighted by molar-refractivity contribution is 5.94. The van der Waals surface area contributed by atoms with E-state index in [-0.39, 0.29) is 23.2 Å². The molecule has 8 heteroatoms. The van der Waals surface area contributed by atoms with E-state index in [9.17, 15) is 19.3 Å². The molecule has 3 rings (SSSR count). The number of amides is 1. The fourth-order valence-corrected chi connectivity index (χ4v) is 3.92. The molecule has 0 bridgehead atoms. The second-order valence-electron chi connectivity index (χ2n) is 7.23. The number of carbonyl (C=O) groups is 1. The summed E-state index contributed by atoms with van der Waals surface area (Å²) in [5, 5.41) is 13.5. The summed E-state index contributed by atoms with van der Waals surface area (Å²) in [4.78, 5) is 24.7. The Morgan fingerprint density at radius 1 is 1.31 bits per heavy atom. The van der Waals surface area contributed by atoms with Gasteiger partial charge in [-0.05, 0) is 56.1 Å². The molecule has 1 heterocycles. The standard InChI is InChI=1S/C21H24FN3O4/c1-24-11-3-4-15(20(24)14-5-8-17(29-2)9-6-14)13-23-21(26)18-10-7-16(25(27)28)12-19(18)22/h5-10,12,15,20H,3-4,11,13H2,1-2H3,(H,23,26). The molecule has 0 radical (unpaired) electrons. The lowest BCUT2D eigenvalue weighted by Gasteiger charge is -2.39. The number of benzene rings is 2. The minimum Gasteiger partial charge on any atom is -0.497 e. The second-order valence-corrected chi connectivity index (χ2v) is 7.23. The van der Waals surface area contributed by atoms with Crippen molar-refractivity contribution in [2.24, 2.45) is 5.92 Å². The SMILES string of the molecule is COc1ccc(C2C(CNC(=O)c3ccc([N+](=O)[O-])cc3F)CCCN2C)cc1. The summed E-state index contributed by atoms with van der Waals surface area (Å²) in [7, 11) is 3.68. The van der Waals surface area contributed by atoms with Crippen molar-refractivity contribution in [2.75, 3.05) is 27.2 Å². The molecule has 2 unspecified atom stereocenters. The van der Waals surface area contributed by atoms with Gasteiger partial charge in [0.25, 0.3) is 11.6 Å². The number of hydrogen-bond donors (Lipinski definition) is 1. The van der Waals surface area contributed by atoms with Crippen LogP contribution in [0.4, 0.5) is 10.1 Å². The lowest BCUT2D eigenvalue weighted by Crippen LogP contribution is -2.41. The molecule has 1 fully saturated rings. The van der Waals surface area contributed by atoms with Gasteiger partial charge in [-0.15, -0.1) is 0 Å². The number of nitro benzene ring substituents is 1. The van der Waals surface area contributed by atoms with Gasteiger partial charge < -0.3 is 10.1 Å². The highest BCUT2D eigenvalue weighted by Crippen LogP contribution is 2.35. The third-order valence-corrected chi connectivity index (χ3v) is 5.40. The molecule has 0 aromatic heterocycles. The Morgan fingerprint density at radius 2 is 2.03 bits per heavy atom. The van der Waals surface area contributed by atoms with Crippen molar-refractivity contribution in [1.29, 1.82) is 0 Å². The van der Waals surface area contributed by atoms with E-state index in [1.807, 2.05) is 24.3 Å². The molecular formula is C21H24FN3O4. The highest BCUT2D eigenvalue weighted by Gasteiger charge is 2.31. The molecule has 154 valence electrons. The van der Waals surface area contributed by atoms with Crippen molar-refractivity contribution < 1.29 is 18.8 Å². The maximum Gasteiger partial charge on any atom is 0.272 e. The number of halogens is 1. The van der Waals surface area contributed by atoms with Crippen molar-refractivity contribution in [2.45, 2.75) is 18.9 Å². The van der Waals surface area contributed by atoms with Crippen LogP contribution in [-0.4, -0.2) is 43.0 Å². The fourth-order valence-electron chi connectivity index (χ4n) is 3.92. The molecule has 0 aliphatic carbocycles. The van der Waals surface area contributed by atoms with Crippen LogP contribution in [0.15, 0.2) is 42.5 Å². The number of non-ortho nitro benzene ring substituents is 1. The zero-order valence-electron chi connectivity index (χ0n) is 16.4. The first-order valence-corrected chi connectivity index (χ1v) is 9.47. The van der Waals surface area contributed by atoms with E-state index in [0.717, 1.165) is 48.9 Å². The highest BCUT2D eigenvalue weighted by atomic mass is 19.1. The number of methoxy groups -OCH3 is 1. The third-order valence-electron chi connectivity index (χ3n) is 5.40. The van der Waals surface area contributed by atoms with Gasteiger partial charge in [0.05, 0.1) is 23.7 Å². The van der Waals surface area contributed by atoms with Gasteiger partial charge in [-0.3, -0.25) is 19.8 Å². The van der Waals surface area contributed by atoms with Crippen LogP contribution < -0.4 is 10.1 Å². The average Bonchev–Trinajstić information content (AvgIpc) is 2.72. The molecule has 1 amide bonds. The van der Waals surface area contributed by atoms with Gasteiger partial charge in [-0.2, -0.15) is 0 Å². The molecule has 2 aromatic carbocycles. The van der Waals surface area contributed by atoms with E-state index >= 15 is 0 Å². The molecule has 0 spiro atoms. The van der Waals surface area contributed by atoms with E-state index in [1.54, 1.807) is 7.11 Å². The predicted molar refractivity (Wildman–Crippen MR) is 106 cm³/mol. The molecule has 7 nitrogen and oxygen atoms in total. The first-order valence-electron chi connectivity index (χ1n) is 9.47. The molecule has 1 aliphatic heterocycles. The smallest absolute Gasteiger partial charge is 0.272 e. The van der Waals surface area contributed by atoms with Gasteiger partial charge in [0.15, 0.2) is 0 Å². The Hall–Kier alpha value is -3.00. The molecule has 0 saturated carbocycles.